The second-order valence-corrected chi connectivity index (χ2v) is 20.6. The van der Waals surface area contributed by atoms with Crippen molar-refractivity contribution in [3.05, 3.63) is 46.2 Å². The van der Waals surface area contributed by atoms with Gasteiger partial charge in [-0.05, 0) is 71.8 Å². The molecule has 0 saturated carbocycles. The molecule has 0 N–H and O–H groups in total. The second-order valence-electron chi connectivity index (χ2n) is 16.6. The molecule has 0 aromatic carbocycles. The van der Waals surface area contributed by atoms with Gasteiger partial charge in [0.05, 0.1) is 0 Å². The van der Waals surface area contributed by atoms with Crippen LogP contribution in [0.1, 0.15) is 230 Å². The molecule has 0 unspecified atom stereocenters. The summed E-state index contributed by atoms with van der Waals surface area (Å²) in [5.41, 5.74) is 3.16. The molecule has 4 heterocycles. The lowest BCUT2D eigenvalue weighted by molar-refractivity contribution is 0.529. The van der Waals surface area contributed by atoms with E-state index in [4.69, 9.17) is 0 Å². The summed E-state index contributed by atoms with van der Waals surface area (Å²) in [6.45, 7) is 4.62. The molecular formula is C50H80S4. The molecule has 0 amide bonds. The standard InChI is InChI=1S/C50H80S4/c1-3-5-7-9-11-13-15-17-19-21-23-25-27-29-31-33-35-43-37-39-51-49(43)47-41-45-46(53-47)42-48(54-45)50-44(38-40-52-50)36-34-32-30-28-26-24-22-20-18-16-14-12-10-8-6-4-2/h37-42H,3-36H2,1-2H3. The van der Waals surface area contributed by atoms with E-state index in [2.05, 4.69) is 48.9 Å². The molecule has 0 nitrogen and oxygen atoms in total. The molecule has 4 aromatic heterocycles. The molecule has 0 radical (unpaired) electrons. The molecule has 0 aliphatic rings. The SMILES string of the molecule is CCCCCCCCCCCCCCCCCCc1ccsc1-c1cc2sc(-c3sccc3CCCCCCCCCCCCCCCCCC)cc2s1. The number of unbranched alkanes of at least 4 members (excludes halogenated alkanes) is 30. The van der Waals surface area contributed by atoms with E-state index in [1.165, 1.54) is 247 Å². The first kappa shape index (κ1) is 45.8. The Bertz CT molecular complexity index is 1300. The third kappa shape index (κ3) is 18.5. The van der Waals surface area contributed by atoms with Crippen LogP contribution in [0, 0.1) is 0 Å². The Morgan fingerprint density at radius 1 is 0.333 bits per heavy atom. The highest BCUT2D eigenvalue weighted by Crippen LogP contribution is 2.46. The van der Waals surface area contributed by atoms with Crippen LogP contribution in [-0.4, -0.2) is 0 Å². The van der Waals surface area contributed by atoms with Gasteiger partial charge >= 0.3 is 0 Å². The molecule has 0 saturated heterocycles. The predicted molar refractivity (Wildman–Crippen MR) is 253 cm³/mol. The van der Waals surface area contributed by atoms with Gasteiger partial charge in [-0.25, -0.2) is 0 Å². The third-order valence-electron chi connectivity index (χ3n) is 11.7. The summed E-state index contributed by atoms with van der Waals surface area (Å²) < 4.78 is 2.96. The first-order valence-electron chi connectivity index (χ1n) is 23.5. The Kier molecular flexibility index (Phi) is 25.6. The number of hydrogen-bond donors (Lipinski definition) is 0. The Morgan fingerprint density at radius 2 is 0.593 bits per heavy atom. The van der Waals surface area contributed by atoms with Gasteiger partial charge in [0.1, 0.15) is 0 Å². The van der Waals surface area contributed by atoms with Gasteiger partial charge in [0.2, 0.25) is 0 Å². The van der Waals surface area contributed by atoms with Crippen molar-refractivity contribution in [1.29, 1.82) is 0 Å². The molecule has 0 bridgehead atoms. The van der Waals surface area contributed by atoms with Crippen LogP contribution < -0.4 is 0 Å². The quantitative estimate of drug-likeness (QED) is 0.0402. The monoisotopic (exact) mass is 809 g/mol. The minimum atomic E-state index is 1.24. The average Bonchev–Trinajstić information content (AvgIpc) is 3.99. The van der Waals surface area contributed by atoms with E-state index in [0.717, 1.165) is 0 Å². The van der Waals surface area contributed by atoms with Crippen LogP contribution in [0.4, 0.5) is 0 Å². The summed E-state index contributed by atoms with van der Waals surface area (Å²) >= 11 is 7.96. The second kappa shape index (κ2) is 30.2. The van der Waals surface area contributed by atoms with Crippen molar-refractivity contribution in [2.45, 2.75) is 232 Å². The Hall–Kier alpha value is -0.940. The number of fused-ring (bicyclic) bond motifs is 1. The zero-order chi connectivity index (χ0) is 37.7. The van der Waals surface area contributed by atoms with E-state index in [-0.39, 0.29) is 0 Å². The molecule has 4 aromatic rings. The number of aryl methyl sites for hydroxylation is 2. The molecule has 4 rings (SSSR count). The molecule has 0 fully saturated rings. The fourth-order valence-corrected chi connectivity index (χ4v) is 12.9. The molecule has 4 heteroatoms. The van der Waals surface area contributed by atoms with Crippen molar-refractivity contribution in [2.24, 2.45) is 0 Å². The van der Waals surface area contributed by atoms with Crippen molar-refractivity contribution in [3.63, 3.8) is 0 Å². The highest BCUT2D eigenvalue weighted by atomic mass is 32.1. The van der Waals surface area contributed by atoms with Crippen molar-refractivity contribution >= 4 is 54.7 Å². The van der Waals surface area contributed by atoms with E-state index < -0.39 is 0 Å². The predicted octanol–water partition coefficient (Wildman–Crippen LogP) is 20.0. The van der Waals surface area contributed by atoms with Crippen LogP contribution in [0.5, 0.6) is 0 Å². The van der Waals surface area contributed by atoms with Crippen molar-refractivity contribution in [3.8, 4) is 19.5 Å². The molecule has 54 heavy (non-hydrogen) atoms. The molecule has 0 aliphatic heterocycles. The summed E-state index contributed by atoms with van der Waals surface area (Å²) in [6.07, 6.45) is 48.5. The fourth-order valence-electron chi connectivity index (χ4n) is 8.28. The lowest BCUT2D eigenvalue weighted by Crippen LogP contribution is -1.87. The van der Waals surface area contributed by atoms with E-state index in [9.17, 15) is 0 Å². The van der Waals surface area contributed by atoms with Gasteiger partial charge in [-0.3, -0.25) is 0 Å². The fraction of sp³-hybridized carbons (Fsp3) is 0.720. The van der Waals surface area contributed by atoms with Crippen LogP contribution in [0.15, 0.2) is 35.0 Å². The molecular weight excluding hydrogens is 729 g/mol. The third-order valence-corrected chi connectivity index (χ3v) is 16.3. The number of rotatable bonds is 36. The number of hydrogen-bond acceptors (Lipinski definition) is 4. The van der Waals surface area contributed by atoms with Crippen molar-refractivity contribution in [1.82, 2.24) is 0 Å². The first-order valence-corrected chi connectivity index (χ1v) is 26.9. The largest absolute Gasteiger partial charge is 0.143 e. The summed E-state index contributed by atoms with van der Waals surface area (Å²) in [6, 6.07) is 9.81. The van der Waals surface area contributed by atoms with Crippen LogP contribution in [0.25, 0.3) is 28.9 Å². The lowest BCUT2D eigenvalue weighted by Gasteiger charge is -2.05. The first-order chi connectivity index (χ1) is 26.8. The Balaban J connectivity index is 1.04. The van der Waals surface area contributed by atoms with E-state index in [0.29, 0.717) is 0 Å². The topological polar surface area (TPSA) is 0 Å². The molecule has 304 valence electrons. The average molecular weight is 809 g/mol. The van der Waals surface area contributed by atoms with Crippen LogP contribution >= 0.6 is 45.3 Å². The summed E-state index contributed by atoms with van der Waals surface area (Å²) in [4.78, 5) is 6.05. The van der Waals surface area contributed by atoms with Gasteiger partial charge in [-0.2, -0.15) is 0 Å². The zero-order valence-corrected chi connectivity index (χ0v) is 38.4. The highest BCUT2D eigenvalue weighted by Gasteiger charge is 2.16. The van der Waals surface area contributed by atoms with Crippen LogP contribution in [-0.2, 0) is 12.8 Å². The van der Waals surface area contributed by atoms with Gasteiger partial charge in [0.15, 0.2) is 0 Å². The van der Waals surface area contributed by atoms with E-state index in [1.54, 1.807) is 11.1 Å². The van der Waals surface area contributed by atoms with Gasteiger partial charge in [-0.15, -0.1) is 45.3 Å². The van der Waals surface area contributed by atoms with Gasteiger partial charge < -0.3 is 0 Å². The van der Waals surface area contributed by atoms with Crippen molar-refractivity contribution < 1.29 is 0 Å². The summed E-state index contributed by atoms with van der Waals surface area (Å²) in [5.74, 6) is 0. The molecule has 0 aliphatic carbocycles. The smallest absolute Gasteiger partial charge is 0.0475 e. The number of thiophene rings is 4. The maximum absolute atomic E-state index is 2.50. The normalized spacial score (nSPS) is 11.8. The van der Waals surface area contributed by atoms with Crippen molar-refractivity contribution in [2.75, 3.05) is 0 Å². The Morgan fingerprint density at radius 3 is 0.870 bits per heavy atom. The maximum Gasteiger partial charge on any atom is 0.0475 e. The highest BCUT2D eigenvalue weighted by molar-refractivity contribution is 7.33. The van der Waals surface area contributed by atoms with Crippen LogP contribution in [0.2, 0.25) is 0 Å². The van der Waals surface area contributed by atoms with Crippen LogP contribution in [0.3, 0.4) is 0 Å². The summed E-state index contributed by atoms with van der Waals surface area (Å²) in [5, 5.41) is 4.65. The van der Waals surface area contributed by atoms with Gasteiger partial charge in [0.25, 0.3) is 0 Å². The van der Waals surface area contributed by atoms with E-state index >= 15 is 0 Å². The Labute approximate surface area is 350 Å². The molecule has 0 atom stereocenters. The zero-order valence-electron chi connectivity index (χ0n) is 35.1. The molecule has 0 spiro atoms. The minimum absolute atomic E-state index is 1.24. The van der Waals surface area contributed by atoms with Gasteiger partial charge in [0, 0.05) is 28.9 Å². The van der Waals surface area contributed by atoms with Gasteiger partial charge in [-0.1, -0.05) is 206 Å². The van der Waals surface area contributed by atoms with E-state index in [1.807, 2.05) is 45.3 Å². The maximum atomic E-state index is 2.50. The lowest BCUT2D eigenvalue weighted by atomic mass is 10.0. The minimum Gasteiger partial charge on any atom is -0.143 e. The summed E-state index contributed by atoms with van der Waals surface area (Å²) in [7, 11) is 0.